The Balaban J connectivity index is 2.97. The van der Waals surface area contributed by atoms with Crippen LogP contribution in [0, 0.1) is 72.9 Å². The lowest BCUT2D eigenvalue weighted by Gasteiger charge is -2.61. The third kappa shape index (κ3) is 1.06. The van der Waals surface area contributed by atoms with Crippen molar-refractivity contribution in [1.82, 2.24) is 0 Å². The topological polar surface area (TPSA) is 95.2 Å². The fourth-order valence-electron chi connectivity index (χ4n) is 4.13. The van der Waals surface area contributed by atoms with Crippen LogP contribution < -0.4 is 0 Å². The van der Waals surface area contributed by atoms with Gasteiger partial charge in [-0.3, -0.25) is 0 Å². The second-order valence-corrected chi connectivity index (χ2v) is 6.39. The van der Waals surface area contributed by atoms with Crippen LogP contribution in [0.15, 0.2) is 12.2 Å². The van der Waals surface area contributed by atoms with Crippen LogP contribution in [0.3, 0.4) is 0 Å². The smallest absolute Gasteiger partial charge is 0.185 e. The second kappa shape index (κ2) is 3.85. The van der Waals surface area contributed by atoms with Gasteiger partial charge in [-0.15, -0.1) is 0 Å². The summed E-state index contributed by atoms with van der Waals surface area (Å²) in [4.78, 5) is 0. The van der Waals surface area contributed by atoms with Crippen molar-refractivity contribution in [2.45, 2.75) is 33.6 Å². The SMILES string of the molecule is CC(C)C12C=CC(C)(CC1)C(C#N)(C#N)C2(C#N)C#N. The molecule has 0 amide bonds. The van der Waals surface area contributed by atoms with Gasteiger partial charge in [-0.25, -0.2) is 0 Å². The van der Waals surface area contributed by atoms with Crippen LogP contribution in [0.25, 0.3) is 0 Å². The van der Waals surface area contributed by atoms with Crippen LogP contribution >= 0.6 is 0 Å². The van der Waals surface area contributed by atoms with E-state index in [2.05, 4.69) is 24.3 Å². The Bertz CT molecular complexity index is 618. The predicted molar refractivity (Wildman–Crippen MR) is 71.1 cm³/mol. The molecule has 0 aromatic heterocycles. The van der Waals surface area contributed by atoms with Crippen LogP contribution in [0.5, 0.6) is 0 Å². The molecular formula is C16H16N4. The first-order chi connectivity index (χ1) is 9.35. The summed E-state index contributed by atoms with van der Waals surface area (Å²) in [5.74, 6) is 0.00368. The summed E-state index contributed by atoms with van der Waals surface area (Å²) in [7, 11) is 0. The molecule has 4 heteroatoms. The summed E-state index contributed by atoms with van der Waals surface area (Å²) in [6.45, 7) is 5.70. The van der Waals surface area contributed by atoms with E-state index in [-0.39, 0.29) is 5.92 Å². The van der Waals surface area contributed by atoms with Crippen molar-refractivity contribution in [3.8, 4) is 24.3 Å². The fraction of sp³-hybridized carbons (Fsp3) is 0.625. The highest BCUT2D eigenvalue weighted by atomic mass is 14.7. The van der Waals surface area contributed by atoms with Crippen molar-refractivity contribution in [2.24, 2.45) is 27.6 Å². The Labute approximate surface area is 119 Å². The minimum atomic E-state index is -1.63. The van der Waals surface area contributed by atoms with Crippen LogP contribution in [0.4, 0.5) is 0 Å². The van der Waals surface area contributed by atoms with Gasteiger partial charge in [0.1, 0.15) is 0 Å². The standard InChI is InChI=1S/C16H16N4/c1-12(2)14-6-4-13(3,5-7-14)15(8-17,9-18)16(14,10-19)11-20/h4,6,12H,5,7H2,1-3H3. The molecule has 1 fully saturated rings. The first kappa shape index (κ1) is 14.1. The Morgan fingerprint density at radius 1 is 0.850 bits per heavy atom. The maximum Gasteiger partial charge on any atom is 0.185 e. The van der Waals surface area contributed by atoms with E-state index in [1.807, 2.05) is 32.9 Å². The van der Waals surface area contributed by atoms with E-state index in [0.29, 0.717) is 12.8 Å². The molecule has 0 radical (unpaired) electrons. The molecule has 2 bridgehead atoms. The Morgan fingerprint density at radius 3 is 1.65 bits per heavy atom. The maximum absolute atomic E-state index is 9.78. The molecule has 0 spiro atoms. The molecule has 20 heavy (non-hydrogen) atoms. The number of hydrogen-bond acceptors (Lipinski definition) is 4. The van der Waals surface area contributed by atoms with E-state index in [4.69, 9.17) is 0 Å². The van der Waals surface area contributed by atoms with Crippen LogP contribution in [-0.2, 0) is 0 Å². The number of fused-ring (bicyclic) bond motifs is 2. The number of nitrogens with zero attached hydrogens (tertiary/aromatic N) is 4. The molecule has 3 aliphatic carbocycles. The molecule has 1 saturated carbocycles. The molecule has 0 aromatic carbocycles. The summed E-state index contributed by atoms with van der Waals surface area (Å²) < 4.78 is 0. The molecule has 2 atom stereocenters. The van der Waals surface area contributed by atoms with E-state index in [0.717, 1.165) is 0 Å². The largest absolute Gasteiger partial charge is 0.196 e. The van der Waals surface area contributed by atoms with Crippen molar-refractivity contribution in [2.75, 3.05) is 0 Å². The first-order valence-electron chi connectivity index (χ1n) is 6.71. The van der Waals surface area contributed by atoms with Gasteiger partial charge in [0.15, 0.2) is 10.8 Å². The van der Waals surface area contributed by atoms with Crippen molar-refractivity contribution in [1.29, 1.82) is 21.0 Å². The van der Waals surface area contributed by atoms with Gasteiger partial charge in [-0.05, 0) is 18.8 Å². The van der Waals surface area contributed by atoms with Crippen molar-refractivity contribution in [3.63, 3.8) is 0 Å². The zero-order chi connectivity index (χ0) is 15.2. The highest BCUT2D eigenvalue weighted by Crippen LogP contribution is 2.72. The van der Waals surface area contributed by atoms with Crippen molar-refractivity contribution in [3.05, 3.63) is 12.2 Å². The molecule has 0 heterocycles. The third-order valence-corrected chi connectivity index (χ3v) is 5.63. The molecule has 0 aliphatic heterocycles. The van der Waals surface area contributed by atoms with E-state index in [9.17, 15) is 21.0 Å². The molecule has 0 N–H and O–H groups in total. The van der Waals surface area contributed by atoms with Gasteiger partial charge >= 0.3 is 0 Å². The summed E-state index contributed by atoms with van der Waals surface area (Å²) in [6.07, 6.45) is 5.11. The first-order valence-corrected chi connectivity index (χ1v) is 6.71. The summed E-state index contributed by atoms with van der Waals surface area (Å²) >= 11 is 0. The van der Waals surface area contributed by atoms with Gasteiger partial charge < -0.3 is 0 Å². The van der Waals surface area contributed by atoms with E-state index in [1.54, 1.807) is 0 Å². The normalized spacial score (nSPS) is 35.6. The molecule has 3 aliphatic rings. The van der Waals surface area contributed by atoms with E-state index >= 15 is 0 Å². The Morgan fingerprint density at radius 2 is 1.35 bits per heavy atom. The number of allylic oxidation sites excluding steroid dienone is 2. The van der Waals surface area contributed by atoms with Crippen LogP contribution in [0.2, 0.25) is 0 Å². The van der Waals surface area contributed by atoms with Gasteiger partial charge in [-0.1, -0.05) is 32.9 Å². The average Bonchev–Trinajstić information content (AvgIpc) is 2.46. The van der Waals surface area contributed by atoms with Gasteiger partial charge in [0.05, 0.1) is 24.3 Å². The zero-order valence-corrected chi connectivity index (χ0v) is 11.9. The van der Waals surface area contributed by atoms with Crippen molar-refractivity contribution < 1.29 is 0 Å². The zero-order valence-electron chi connectivity index (χ0n) is 11.9. The molecular weight excluding hydrogens is 248 g/mol. The molecule has 4 nitrogen and oxygen atoms in total. The van der Waals surface area contributed by atoms with Crippen LogP contribution in [-0.4, -0.2) is 0 Å². The summed E-state index contributed by atoms with van der Waals surface area (Å²) in [5.41, 5.74) is -4.74. The Kier molecular flexibility index (Phi) is 2.72. The third-order valence-electron chi connectivity index (χ3n) is 5.63. The molecule has 100 valence electrons. The van der Waals surface area contributed by atoms with E-state index in [1.165, 1.54) is 0 Å². The highest BCUT2D eigenvalue weighted by Gasteiger charge is 2.76. The second-order valence-electron chi connectivity index (χ2n) is 6.39. The van der Waals surface area contributed by atoms with Gasteiger partial charge in [0.25, 0.3) is 0 Å². The molecule has 2 unspecified atom stereocenters. The van der Waals surface area contributed by atoms with Gasteiger partial charge in [0.2, 0.25) is 0 Å². The fourth-order valence-corrected chi connectivity index (χ4v) is 4.13. The van der Waals surface area contributed by atoms with E-state index < -0.39 is 21.7 Å². The lowest BCUT2D eigenvalue weighted by Crippen LogP contribution is -2.65. The molecule has 0 aromatic rings. The maximum atomic E-state index is 9.78. The highest BCUT2D eigenvalue weighted by molar-refractivity contribution is 5.50. The van der Waals surface area contributed by atoms with Gasteiger partial charge in [-0.2, -0.15) is 21.0 Å². The lowest BCUT2D eigenvalue weighted by atomic mass is 9.34. The predicted octanol–water partition coefficient (Wildman–Crippen LogP) is 3.07. The number of nitriles is 4. The molecule has 3 rings (SSSR count). The van der Waals surface area contributed by atoms with Crippen LogP contribution in [0.1, 0.15) is 33.6 Å². The minimum absolute atomic E-state index is 0.00368. The van der Waals surface area contributed by atoms with Gasteiger partial charge in [0, 0.05) is 10.8 Å². The number of hydrogen-bond donors (Lipinski definition) is 0. The quantitative estimate of drug-likeness (QED) is 0.680. The minimum Gasteiger partial charge on any atom is -0.196 e. The summed E-state index contributed by atoms with van der Waals surface area (Å²) in [5, 5.41) is 39.0. The average molecular weight is 264 g/mol. The number of rotatable bonds is 1. The van der Waals surface area contributed by atoms with Crippen molar-refractivity contribution >= 4 is 0 Å². The lowest BCUT2D eigenvalue weighted by molar-refractivity contribution is -0.0684. The molecule has 0 saturated heterocycles. The Hall–Kier alpha value is -2.30. The monoisotopic (exact) mass is 264 g/mol. The summed E-state index contributed by atoms with van der Waals surface area (Å²) in [6, 6.07) is 8.27.